The molecule has 3 heterocycles. The lowest BCUT2D eigenvalue weighted by molar-refractivity contribution is 0.0968. The van der Waals surface area contributed by atoms with Crippen molar-refractivity contribution in [2.45, 2.75) is 63.4 Å². The number of nitrogens with zero attached hydrogens (tertiary/aromatic N) is 3. The molecular weight excluding hydrogens is 340 g/mol. The van der Waals surface area contributed by atoms with Gasteiger partial charge in [0.1, 0.15) is 0 Å². The van der Waals surface area contributed by atoms with Gasteiger partial charge in [0.05, 0.1) is 10.9 Å². The van der Waals surface area contributed by atoms with Crippen molar-refractivity contribution >= 4 is 10.0 Å². The lowest BCUT2D eigenvalue weighted by Crippen LogP contribution is -2.48. The van der Waals surface area contributed by atoms with E-state index >= 15 is 0 Å². The molecule has 0 unspecified atom stereocenters. The Bertz CT molecular complexity index is 645. The molecule has 0 aliphatic carbocycles. The second-order valence-corrected chi connectivity index (χ2v) is 9.48. The molecule has 1 aromatic rings. The van der Waals surface area contributed by atoms with Crippen LogP contribution in [0.2, 0.25) is 0 Å². The first-order valence-electron chi connectivity index (χ1n) is 9.31. The number of ether oxygens (including phenoxy) is 1. The summed E-state index contributed by atoms with van der Waals surface area (Å²) in [4.78, 5) is 0. The summed E-state index contributed by atoms with van der Waals surface area (Å²) in [5.41, 5.74) is 1.17. The van der Waals surface area contributed by atoms with Gasteiger partial charge in [-0.3, -0.25) is 4.68 Å². The Hall–Kier alpha value is -0.960. The van der Waals surface area contributed by atoms with Crippen LogP contribution in [-0.4, -0.2) is 60.1 Å². The second-order valence-electron chi connectivity index (χ2n) is 7.27. The van der Waals surface area contributed by atoms with Crippen molar-refractivity contribution in [3.05, 3.63) is 18.0 Å². The van der Waals surface area contributed by atoms with E-state index in [0.717, 1.165) is 19.4 Å². The third-order valence-corrected chi connectivity index (χ3v) is 7.62. The van der Waals surface area contributed by atoms with E-state index in [0.29, 0.717) is 51.2 Å². The van der Waals surface area contributed by atoms with Gasteiger partial charge in [-0.1, -0.05) is 0 Å². The average Bonchev–Trinajstić information content (AvgIpc) is 3.10. The van der Waals surface area contributed by atoms with E-state index in [9.17, 15) is 8.42 Å². The van der Waals surface area contributed by atoms with Crippen molar-refractivity contribution in [1.29, 1.82) is 0 Å². The van der Waals surface area contributed by atoms with Gasteiger partial charge in [0.2, 0.25) is 10.0 Å². The van der Waals surface area contributed by atoms with Gasteiger partial charge >= 0.3 is 0 Å². The number of rotatable bonds is 6. The van der Waals surface area contributed by atoms with E-state index < -0.39 is 10.0 Å². The summed E-state index contributed by atoms with van der Waals surface area (Å²) in [5.74, 6) is 0. The fourth-order valence-corrected chi connectivity index (χ4v) is 5.62. The van der Waals surface area contributed by atoms with E-state index in [1.165, 1.54) is 5.69 Å². The maximum absolute atomic E-state index is 12.7. The molecule has 8 heteroatoms. The summed E-state index contributed by atoms with van der Waals surface area (Å²) >= 11 is 0. The van der Waals surface area contributed by atoms with Crippen LogP contribution in [0, 0.1) is 0 Å². The van der Waals surface area contributed by atoms with Gasteiger partial charge in [-0.2, -0.15) is 5.10 Å². The highest BCUT2D eigenvalue weighted by Gasteiger charge is 2.35. The van der Waals surface area contributed by atoms with Crippen molar-refractivity contribution in [2.24, 2.45) is 0 Å². The van der Waals surface area contributed by atoms with Crippen molar-refractivity contribution in [3.63, 3.8) is 0 Å². The molecule has 1 N–H and O–H groups in total. The Morgan fingerprint density at radius 1 is 1.24 bits per heavy atom. The Balaban J connectivity index is 1.49. The van der Waals surface area contributed by atoms with E-state index in [-0.39, 0.29) is 5.25 Å². The molecule has 1 aromatic heterocycles. The van der Waals surface area contributed by atoms with Crippen LogP contribution in [0.25, 0.3) is 0 Å². The topological polar surface area (TPSA) is 76.5 Å². The van der Waals surface area contributed by atoms with Crippen LogP contribution in [0.3, 0.4) is 0 Å². The summed E-state index contributed by atoms with van der Waals surface area (Å²) in [6.45, 7) is 7.36. The Morgan fingerprint density at radius 3 is 2.56 bits per heavy atom. The van der Waals surface area contributed by atoms with Gasteiger partial charge in [0.25, 0.3) is 0 Å². The molecule has 0 atom stereocenters. The normalized spacial score (nSPS) is 21.9. The third kappa shape index (κ3) is 4.42. The zero-order valence-electron chi connectivity index (χ0n) is 15.2. The highest BCUT2D eigenvalue weighted by molar-refractivity contribution is 7.89. The number of hydrogen-bond acceptors (Lipinski definition) is 5. The molecule has 3 rings (SSSR count). The summed E-state index contributed by atoms with van der Waals surface area (Å²) in [6, 6.07) is 2.74. The van der Waals surface area contributed by atoms with Crippen molar-refractivity contribution in [3.8, 4) is 0 Å². The van der Waals surface area contributed by atoms with Gasteiger partial charge in [-0.15, -0.1) is 0 Å². The Labute approximate surface area is 150 Å². The van der Waals surface area contributed by atoms with Crippen molar-refractivity contribution in [2.75, 3.05) is 26.3 Å². The molecule has 142 valence electrons. The first-order chi connectivity index (χ1) is 12.0. The Kier molecular flexibility index (Phi) is 6.14. The lowest BCUT2D eigenvalue weighted by Gasteiger charge is -2.35. The van der Waals surface area contributed by atoms with Gasteiger partial charge in [-0.25, -0.2) is 12.7 Å². The molecule has 0 bridgehead atoms. The molecular formula is C17H30N4O3S. The van der Waals surface area contributed by atoms with E-state index in [1.54, 1.807) is 4.31 Å². The van der Waals surface area contributed by atoms with Crippen LogP contribution in [0.15, 0.2) is 12.3 Å². The first kappa shape index (κ1) is 18.8. The minimum atomic E-state index is -3.17. The van der Waals surface area contributed by atoms with Crippen LogP contribution >= 0.6 is 0 Å². The minimum absolute atomic E-state index is 0.258. The summed E-state index contributed by atoms with van der Waals surface area (Å²) < 4.78 is 34.5. The maximum atomic E-state index is 12.7. The zero-order valence-corrected chi connectivity index (χ0v) is 16.0. The fourth-order valence-electron chi connectivity index (χ4n) is 3.69. The summed E-state index contributed by atoms with van der Waals surface area (Å²) in [5, 5.41) is 7.66. The molecule has 0 amide bonds. The number of hydrogen-bond donors (Lipinski definition) is 1. The maximum Gasteiger partial charge on any atom is 0.217 e. The minimum Gasteiger partial charge on any atom is -0.381 e. The average molecular weight is 371 g/mol. The van der Waals surface area contributed by atoms with Crippen LogP contribution in [-0.2, 0) is 21.3 Å². The quantitative estimate of drug-likeness (QED) is 0.822. The van der Waals surface area contributed by atoms with Crippen LogP contribution in [0.4, 0.5) is 0 Å². The molecule has 2 saturated heterocycles. The number of sulfonamides is 1. The van der Waals surface area contributed by atoms with Gasteiger partial charge in [0.15, 0.2) is 0 Å². The van der Waals surface area contributed by atoms with Crippen molar-refractivity contribution in [1.82, 2.24) is 19.4 Å². The molecule has 25 heavy (non-hydrogen) atoms. The van der Waals surface area contributed by atoms with Crippen molar-refractivity contribution < 1.29 is 13.2 Å². The second kappa shape index (κ2) is 8.16. The smallest absolute Gasteiger partial charge is 0.217 e. The Morgan fingerprint density at radius 2 is 1.92 bits per heavy atom. The molecule has 2 aliphatic heterocycles. The van der Waals surface area contributed by atoms with Gasteiger partial charge < -0.3 is 10.1 Å². The highest BCUT2D eigenvalue weighted by atomic mass is 32.2. The predicted molar refractivity (Wildman–Crippen MR) is 96.8 cm³/mol. The molecule has 0 saturated carbocycles. The van der Waals surface area contributed by atoms with Gasteiger partial charge in [-0.05, 0) is 45.6 Å². The lowest BCUT2D eigenvalue weighted by atomic mass is 10.1. The standard InChI is InChI=1S/C17H30N4O3S/c1-14(2)21-16(3-8-19-21)13-18-15-4-9-20(10-5-15)25(22,23)17-6-11-24-12-7-17/h3,8,14-15,17-18H,4-7,9-13H2,1-2H3. The predicted octanol–water partition coefficient (Wildman–Crippen LogP) is 1.53. The third-order valence-electron chi connectivity index (χ3n) is 5.22. The molecule has 2 aliphatic rings. The molecule has 0 aromatic carbocycles. The van der Waals surface area contributed by atoms with Crippen LogP contribution < -0.4 is 5.32 Å². The number of nitrogens with one attached hydrogen (secondary N) is 1. The molecule has 7 nitrogen and oxygen atoms in total. The zero-order chi connectivity index (χ0) is 17.9. The van der Waals surface area contributed by atoms with E-state index in [1.807, 2.05) is 16.9 Å². The fraction of sp³-hybridized carbons (Fsp3) is 0.824. The van der Waals surface area contributed by atoms with Crippen LogP contribution in [0.1, 0.15) is 51.3 Å². The monoisotopic (exact) mass is 370 g/mol. The van der Waals surface area contributed by atoms with E-state index in [4.69, 9.17) is 4.74 Å². The summed E-state index contributed by atoms with van der Waals surface area (Å²) in [7, 11) is -3.17. The number of piperidine rings is 1. The molecule has 2 fully saturated rings. The summed E-state index contributed by atoms with van der Waals surface area (Å²) in [6.07, 6.45) is 4.80. The van der Waals surface area contributed by atoms with E-state index in [2.05, 4.69) is 24.3 Å². The largest absolute Gasteiger partial charge is 0.381 e. The van der Waals surface area contributed by atoms with Crippen LogP contribution in [0.5, 0.6) is 0 Å². The number of aromatic nitrogens is 2. The molecule has 0 spiro atoms. The molecule has 0 radical (unpaired) electrons. The SMILES string of the molecule is CC(C)n1nccc1CNC1CCN(S(=O)(=O)C2CCOCC2)CC1. The first-order valence-corrected chi connectivity index (χ1v) is 10.8. The van der Waals surface area contributed by atoms with Gasteiger partial charge in [0, 0.05) is 51.1 Å². The highest BCUT2D eigenvalue weighted by Crippen LogP contribution is 2.23.